The highest BCUT2D eigenvalue weighted by Crippen LogP contribution is 2.39. The largest absolute Gasteiger partial charge is 0.309 e. The van der Waals surface area contributed by atoms with Crippen molar-refractivity contribution < 1.29 is 0 Å². The zero-order chi connectivity index (χ0) is 29.0. The van der Waals surface area contributed by atoms with E-state index < -0.39 is 0 Å². The maximum Gasteiger partial charge on any atom is 0.0547 e. The normalized spacial score (nSPS) is 11.6. The molecule has 0 fully saturated rings. The minimum atomic E-state index is 1.17. The van der Waals surface area contributed by atoms with E-state index in [9.17, 15) is 0 Å². The van der Waals surface area contributed by atoms with Crippen LogP contribution in [0.15, 0.2) is 164 Å². The first-order valence-electron chi connectivity index (χ1n) is 15.0. The van der Waals surface area contributed by atoms with Crippen molar-refractivity contribution in [3.63, 3.8) is 0 Å². The summed E-state index contributed by atoms with van der Waals surface area (Å²) in [4.78, 5) is 0. The van der Waals surface area contributed by atoms with Crippen molar-refractivity contribution in [1.29, 1.82) is 0 Å². The van der Waals surface area contributed by atoms with Crippen molar-refractivity contribution in [2.24, 2.45) is 0 Å². The second-order valence-corrected chi connectivity index (χ2v) is 12.4. The number of fused-ring (bicyclic) bond motifs is 6. The van der Waals surface area contributed by atoms with E-state index in [2.05, 4.69) is 168 Å². The molecule has 7 aromatic carbocycles. The monoisotopic (exact) mass is 577 g/mol. The van der Waals surface area contributed by atoms with Crippen molar-refractivity contribution in [2.75, 3.05) is 0 Å². The highest BCUT2D eigenvalue weighted by Gasteiger charge is 2.16. The SMILES string of the molecule is c1ccc(-c2cccc3c2c2ccccc2n3-c2ccc(-c3ccc(-c4ccc5c(c4)sc4ccccc45)cc3)cc2)cc1. The van der Waals surface area contributed by atoms with Gasteiger partial charge in [0.1, 0.15) is 0 Å². The van der Waals surface area contributed by atoms with Gasteiger partial charge < -0.3 is 4.57 Å². The first-order valence-corrected chi connectivity index (χ1v) is 15.8. The van der Waals surface area contributed by atoms with Crippen LogP contribution in [0.5, 0.6) is 0 Å². The molecule has 0 radical (unpaired) electrons. The van der Waals surface area contributed by atoms with Crippen LogP contribution in [0.3, 0.4) is 0 Å². The van der Waals surface area contributed by atoms with Gasteiger partial charge in [-0.05, 0) is 69.8 Å². The second kappa shape index (κ2) is 10.1. The van der Waals surface area contributed by atoms with Crippen LogP contribution in [-0.4, -0.2) is 4.57 Å². The first-order chi connectivity index (χ1) is 21.8. The van der Waals surface area contributed by atoms with Gasteiger partial charge in [0.15, 0.2) is 0 Å². The molecule has 44 heavy (non-hydrogen) atoms. The van der Waals surface area contributed by atoms with Crippen LogP contribution in [0.4, 0.5) is 0 Å². The average Bonchev–Trinajstić information content (AvgIpc) is 3.64. The third kappa shape index (κ3) is 4.00. The summed E-state index contributed by atoms with van der Waals surface area (Å²) in [5.41, 5.74) is 11.0. The molecule has 0 aliphatic carbocycles. The van der Waals surface area contributed by atoms with Crippen LogP contribution < -0.4 is 0 Å². The third-order valence-corrected chi connectivity index (χ3v) is 9.97. The number of rotatable bonds is 4. The van der Waals surface area contributed by atoms with E-state index in [0.29, 0.717) is 0 Å². The fourth-order valence-electron chi connectivity index (χ4n) is 6.72. The lowest BCUT2D eigenvalue weighted by atomic mass is 9.99. The number of nitrogens with zero attached hydrogens (tertiary/aromatic N) is 1. The van der Waals surface area contributed by atoms with E-state index in [-0.39, 0.29) is 0 Å². The molecule has 0 atom stereocenters. The van der Waals surface area contributed by atoms with Gasteiger partial charge in [-0.3, -0.25) is 0 Å². The van der Waals surface area contributed by atoms with E-state index in [1.807, 2.05) is 11.3 Å². The zero-order valence-corrected chi connectivity index (χ0v) is 24.8. The molecule has 0 aliphatic rings. The Morgan fingerprint density at radius 3 is 1.75 bits per heavy atom. The fraction of sp³-hybridized carbons (Fsp3) is 0. The van der Waals surface area contributed by atoms with Gasteiger partial charge in [-0.25, -0.2) is 0 Å². The first kappa shape index (κ1) is 25.1. The Balaban J connectivity index is 1.08. The van der Waals surface area contributed by atoms with Crippen LogP contribution in [0.25, 0.3) is 81.0 Å². The van der Waals surface area contributed by atoms with E-state index in [1.54, 1.807) is 0 Å². The molecule has 0 bridgehead atoms. The summed E-state index contributed by atoms with van der Waals surface area (Å²) in [5.74, 6) is 0. The van der Waals surface area contributed by atoms with Crippen molar-refractivity contribution in [1.82, 2.24) is 4.57 Å². The summed E-state index contributed by atoms with van der Waals surface area (Å²) in [7, 11) is 0. The third-order valence-electron chi connectivity index (χ3n) is 8.84. The van der Waals surface area contributed by atoms with Crippen molar-refractivity contribution in [2.45, 2.75) is 0 Å². The number of para-hydroxylation sites is 1. The minimum absolute atomic E-state index is 1.17. The van der Waals surface area contributed by atoms with E-state index in [1.165, 1.54) is 81.0 Å². The molecule has 9 aromatic rings. The molecule has 0 saturated heterocycles. The summed E-state index contributed by atoms with van der Waals surface area (Å²) in [6.07, 6.45) is 0. The molecule has 0 amide bonds. The van der Waals surface area contributed by atoms with Gasteiger partial charge in [-0.15, -0.1) is 11.3 Å². The maximum atomic E-state index is 2.40. The van der Waals surface area contributed by atoms with Crippen LogP contribution in [-0.2, 0) is 0 Å². The van der Waals surface area contributed by atoms with E-state index >= 15 is 0 Å². The standard InChI is InChI=1S/C42H27NS/c1-2-9-31(10-3-1)34-13-8-15-39-42(34)37-12-4-6-14-38(37)43(39)33-24-21-29(22-25-33)28-17-19-30(20-18-28)32-23-26-36-35-11-5-7-16-40(35)44-41(36)27-32/h1-27H. The summed E-state index contributed by atoms with van der Waals surface area (Å²) < 4.78 is 5.08. The Morgan fingerprint density at radius 1 is 0.364 bits per heavy atom. The van der Waals surface area contributed by atoms with Gasteiger partial charge in [0.25, 0.3) is 0 Å². The maximum absolute atomic E-state index is 2.40. The predicted molar refractivity (Wildman–Crippen MR) is 190 cm³/mol. The molecule has 206 valence electrons. The smallest absolute Gasteiger partial charge is 0.0547 e. The van der Waals surface area contributed by atoms with E-state index in [0.717, 1.165) is 0 Å². The highest BCUT2D eigenvalue weighted by molar-refractivity contribution is 7.25. The number of hydrogen-bond acceptors (Lipinski definition) is 1. The minimum Gasteiger partial charge on any atom is -0.309 e. The molecule has 2 aromatic heterocycles. The van der Waals surface area contributed by atoms with Gasteiger partial charge >= 0.3 is 0 Å². The van der Waals surface area contributed by atoms with Gasteiger partial charge in [0, 0.05) is 36.6 Å². The number of benzene rings is 7. The van der Waals surface area contributed by atoms with Crippen LogP contribution in [0.1, 0.15) is 0 Å². The quantitative estimate of drug-likeness (QED) is 0.196. The zero-order valence-electron chi connectivity index (χ0n) is 23.9. The Bertz CT molecular complexity index is 2460. The second-order valence-electron chi connectivity index (χ2n) is 11.4. The Kier molecular flexibility index (Phi) is 5.75. The predicted octanol–water partition coefficient (Wildman–Crippen LogP) is 12.2. The highest BCUT2D eigenvalue weighted by atomic mass is 32.1. The van der Waals surface area contributed by atoms with Gasteiger partial charge in [0.05, 0.1) is 11.0 Å². The summed E-state index contributed by atoms with van der Waals surface area (Å²) >= 11 is 1.87. The van der Waals surface area contributed by atoms with Crippen molar-refractivity contribution in [3.05, 3.63) is 164 Å². The molecule has 0 unspecified atom stereocenters. The molecule has 0 spiro atoms. The van der Waals surface area contributed by atoms with E-state index in [4.69, 9.17) is 0 Å². The Hall–Kier alpha value is -5.44. The molecule has 0 aliphatic heterocycles. The lowest BCUT2D eigenvalue weighted by molar-refractivity contribution is 1.18. The summed E-state index contributed by atoms with van der Waals surface area (Å²) in [6.45, 7) is 0. The lowest BCUT2D eigenvalue weighted by Crippen LogP contribution is -1.93. The number of hydrogen-bond donors (Lipinski definition) is 0. The topological polar surface area (TPSA) is 4.93 Å². The molecule has 0 N–H and O–H groups in total. The number of thiophene rings is 1. The molecule has 0 saturated carbocycles. The van der Waals surface area contributed by atoms with Crippen LogP contribution >= 0.6 is 11.3 Å². The van der Waals surface area contributed by atoms with Crippen molar-refractivity contribution in [3.8, 4) is 39.1 Å². The van der Waals surface area contributed by atoms with Gasteiger partial charge in [0.2, 0.25) is 0 Å². The molecule has 2 heterocycles. The van der Waals surface area contributed by atoms with Crippen LogP contribution in [0.2, 0.25) is 0 Å². The molecular weight excluding hydrogens is 551 g/mol. The van der Waals surface area contributed by atoms with Crippen molar-refractivity contribution >= 4 is 53.3 Å². The van der Waals surface area contributed by atoms with Gasteiger partial charge in [-0.1, -0.05) is 127 Å². The lowest BCUT2D eigenvalue weighted by Gasteiger charge is -2.10. The fourth-order valence-corrected chi connectivity index (χ4v) is 7.86. The molecule has 9 rings (SSSR count). The molecule has 2 heteroatoms. The Morgan fingerprint density at radius 2 is 0.955 bits per heavy atom. The van der Waals surface area contributed by atoms with Gasteiger partial charge in [-0.2, -0.15) is 0 Å². The average molecular weight is 578 g/mol. The molecule has 1 nitrogen and oxygen atoms in total. The summed E-state index contributed by atoms with van der Waals surface area (Å²) in [6, 6.07) is 59.6. The molecular formula is C42H27NS. The van der Waals surface area contributed by atoms with Crippen LogP contribution in [0, 0.1) is 0 Å². The summed E-state index contributed by atoms with van der Waals surface area (Å²) in [5, 5.41) is 5.25. The Labute approximate surface area is 259 Å². The number of aromatic nitrogens is 1.